The van der Waals surface area contributed by atoms with E-state index in [2.05, 4.69) is 37.5 Å². The summed E-state index contributed by atoms with van der Waals surface area (Å²) in [6.07, 6.45) is 3.65. The molecule has 0 spiro atoms. The van der Waals surface area contributed by atoms with Gasteiger partial charge in [-0.05, 0) is 42.7 Å². The van der Waals surface area contributed by atoms with Crippen LogP contribution in [-0.4, -0.2) is 34.8 Å². The van der Waals surface area contributed by atoms with E-state index in [1.165, 1.54) is 12.7 Å². The third-order valence-corrected chi connectivity index (χ3v) is 4.46. The molecule has 0 amide bonds. The number of ether oxygens (including phenoxy) is 1. The fourth-order valence-electron chi connectivity index (χ4n) is 3.20. The second-order valence-corrected chi connectivity index (χ2v) is 6.22. The van der Waals surface area contributed by atoms with Crippen molar-refractivity contribution in [1.29, 1.82) is 0 Å². The number of carbonyl (C=O) groups excluding carboxylic acids is 1. The molecule has 136 valence electrons. The number of aryl methyl sites for hydroxylation is 1. The van der Waals surface area contributed by atoms with Gasteiger partial charge in [0, 0.05) is 17.9 Å². The van der Waals surface area contributed by atoms with Gasteiger partial charge in [0.1, 0.15) is 0 Å². The highest BCUT2D eigenvalue weighted by Crippen LogP contribution is 2.31. The minimum atomic E-state index is -0.384. The lowest BCUT2D eigenvalue weighted by Gasteiger charge is -2.29. The number of aromatic nitrogens is 3. The van der Waals surface area contributed by atoms with Crippen molar-refractivity contribution < 1.29 is 9.53 Å². The molecule has 0 atom stereocenters. The van der Waals surface area contributed by atoms with Gasteiger partial charge >= 0.3 is 5.97 Å². The lowest BCUT2D eigenvalue weighted by Crippen LogP contribution is -2.26. The Hall–Kier alpha value is -3.48. The number of anilines is 4. The van der Waals surface area contributed by atoms with Gasteiger partial charge in [-0.2, -0.15) is 10.1 Å². The van der Waals surface area contributed by atoms with Crippen molar-refractivity contribution in [3.63, 3.8) is 0 Å². The van der Waals surface area contributed by atoms with Gasteiger partial charge in [-0.25, -0.2) is 4.79 Å². The maximum absolute atomic E-state index is 11.7. The number of rotatable bonds is 4. The number of hydrogen-bond acceptors (Lipinski definition) is 7. The summed E-state index contributed by atoms with van der Waals surface area (Å²) in [7, 11) is 1.36. The van der Waals surface area contributed by atoms with Gasteiger partial charge in [0.05, 0.1) is 18.9 Å². The first-order valence-corrected chi connectivity index (χ1v) is 8.75. The summed E-state index contributed by atoms with van der Waals surface area (Å²) in [5, 5.41) is 11.5. The van der Waals surface area contributed by atoms with E-state index in [1.54, 1.807) is 24.4 Å². The van der Waals surface area contributed by atoms with Crippen molar-refractivity contribution in [2.24, 2.45) is 0 Å². The van der Waals surface area contributed by atoms with Crippen LogP contribution in [0.3, 0.4) is 0 Å². The molecular weight excluding hydrogens is 342 g/mol. The lowest BCUT2D eigenvalue weighted by molar-refractivity contribution is 0.0601. The van der Waals surface area contributed by atoms with Crippen molar-refractivity contribution in [1.82, 2.24) is 15.2 Å². The Kier molecular flexibility index (Phi) is 4.65. The number of para-hydroxylation sites is 1. The number of benzene rings is 2. The van der Waals surface area contributed by atoms with Crippen molar-refractivity contribution >= 4 is 29.1 Å². The van der Waals surface area contributed by atoms with E-state index in [0.717, 1.165) is 30.8 Å². The van der Waals surface area contributed by atoms with Gasteiger partial charge in [0.2, 0.25) is 0 Å². The number of hydrogen-bond donors (Lipinski definition) is 1. The molecule has 0 saturated heterocycles. The number of nitrogens with one attached hydrogen (secondary N) is 1. The second kappa shape index (κ2) is 7.41. The number of carbonyl (C=O) groups is 1. The Morgan fingerprint density at radius 1 is 1.19 bits per heavy atom. The van der Waals surface area contributed by atoms with E-state index in [9.17, 15) is 4.79 Å². The summed E-state index contributed by atoms with van der Waals surface area (Å²) in [4.78, 5) is 18.4. The first-order valence-electron chi connectivity index (χ1n) is 8.75. The van der Waals surface area contributed by atoms with Crippen molar-refractivity contribution in [3.8, 4) is 0 Å². The predicted octanol–water partition coefficient (Wildman–Crippen LogP) is 3.49. The van der Waals surface area contributed by atoms with E-state index < -0.39 is 0 Å². The van der Waals surface area contributed by atoms with Crippen LogP contribution in [0.15, 0.2) is 54.7 Å². The smallest absolute Gasteiger partial charge is 0.337 e. The minimum absolute atomic E-state index is 0.384. The van der Waals surface area contributed by atoms with Crippen molar-refractivity contribution in [2.75, 3.05) is 23.9 Å². The zero-order valence-electron chi connectivity index (χ0n) is 14.9. The molecule has 7 nitrogen and oxygen atoms in total. The highest BCUT2D eigenvalue weighted by atomic mass is 16.5. The molecule has 0 unspecified atom stereocenters. The van der Waals surface area contributed by atoms with E-state index >= 15 is 0 Å². The van der Waals surface area contributed by atoms with Crippen LogP contribution in [0.5, 0.6) is 0 Å². The largest absolute Gasteiger partial charge is 0.465 e. The molecule has 2 heterocycles. The Balaban J connectivity index is 1.60. The van der Waals surface area contributed by atoms with Crippen LogP contribution in [0, 0.1) is 0 Å². The topological polar surface area (TPSA) is 80.2 Å². The van der Waals surface area contributed by atoms with Gasteiger partial charge in [0.15, 0.2) is 5.82 Å². The first-order chi connectivity index (χ1) is 13.2. The molecule has 1 aromatic heterocycles. The first kappa shape index (κ1) is 17.0. The van der Waals surface area contributed by atoms with Crippen molar-refractivity contribution in [3.05, 3.63) is 65.9 Å². The van der Waals surface area contributed by atoms with Gasteiger partial charge in [-0.1, -0.05) is 24.3 Å². The molecule has 1 aliphatic heterocycles. The number of nitrogens with zero attached hydrogens (tertiary/aromatic N) is 4. The molecule has 2 aromatic carbocycles. The average Bonchev–Trinajstić information content (AvgIpc) is 2.73. The summed E-state index contributed by atoms with van der Waals surface area (Å²) in [6.45, 7) is 0.847. The molecule has 0 aliphatic carbocycles. The fourth-order valence-corrected chi connectivity index (χ4v) is 3.20. The average molecular weight is 361 g/mol. The Bertz CT molecular complexity index is 976. The Labute approximate surface area is 157 Å². The highest BCUT2D eigenvalue weighted by molar-refractivity contribution is 5.90. The molecule has 27 heavy (non-hydrogen) atoms. The molecule has 1 N–H and O–H groups in total. The standard InChI is InChI=1S/C20H19N5O2/c1-27-19(26)15-7-4-9-16(12-15)22-18-13-21-24-20(23-18)25-11-5-8-14-6-2-3-10-17(14)25/h2-4,6-7,9-10,12-13H,5,8,11H2,1H3,(H,22,23,24). The SMILES string of the molecule is COC(=O)c1cccc(Nc2cnnc(N3CCCc4ccccc43)n2)c1. The number of methoxy groups -OCH3 is 1. The lowest BCUT2D eigenvalue weighted by atomic mass is 10.0. The molecular formula is C20H19N5O2. The van der Waals surface area contributed by atoms with E-state index in [1.807, 2.05) is 18.2 Å². The summed E-state index contributed by atoms with van der Waals surface area (Å²) in [5.41, 5.74) is 3.60. The molecule has 1 aliphatic rings. The molecule has 7 heteroatoms. The zero-order chi connectivity index (χ0) is 18.6. The van der Waals surface area contributed by atoms with Crippen LogP contribution < -0.4 is 10.2 Å². The van der Waals surface area contributed by atoms with E-state index in [-0.39, 0.29) is 5.97 Å². The highest BCUT2D eigenvalue weighted by Gasteiger charge is 2.20. The molecule has 3 aromatic rings. The van der Waals surface area contributed by atoms with Crippen LogP contribution in [0.1, 0.15) is 22.3 Å². The van der Waals surface area contributed by atoms with Crippen LogP contribution >= 0.6 is 0 Å². The van der Waals surface area contributed by atoms with E-state index in [4.69, 9.17) is 4.74 Å². The number of esters is 1. The van der Waals surface area contributed by atoms with Crippen LogP contribution in [0.4, 0.5) is 23.1 Å². The maximum Gasteiger partial charge on any atom is 0.337 e. The van der Waals surface area contributed by atoms with Crippen molar-refractivity contribution in [2.45, 2.75) is 12.8 Å². The summed E-state index contributed by atoms with van der Waals surface area (Å²) in [5.74, 6) is 0.728. The van der Waals surface area contributed by atoms with Crippen LogP contribution in [0.2, 0.25) is 0 Å². The number of fused-ring (bicyclic) bond motifs is 1. The van der Waals surface area contributed by atoms with Crippen LogP contribution in [-0.2, 0) is 11.2 Å². The van der Waals surface area contributed by atoms with Gasteiger partial charge < -0.3 is 15.0 Å². The molecule has 0 saturated carbocycles. The quantitative estimate of drug-likeness (QED) is 0.713. The zero-order valence-corrected chi connectivity index (χ0v) is 14.9. The summed E-state index contributed by atoms with van der Waals surface area (Å²) < 4.78 is 4.76. The molecule has 0 radical (unpaired) electrons. The molecule has 4 rings (SSSR count). The summed E-state index contributed by atoms with van der Waals surface area (Å²) >= 11 is 0. The van der Waals surface area contributed by atoms with E-state index in [0.29, 0.717) is 17.3 Å². The normalized spacial score (nSPS) is 13.0. The van der Waals surface area contributed by atoms with Gasteiger partial charge in [-0.15, -0.1) is 5.10 Å². The van der Waals surface area contributed by atoms with Gasteiger partial charge in [0.25, 0.3) is 5.95 Å². The minimum Gasteiger partial charge on any atom is -0.465 e. The monoisotopic (exact) mass is 361 g/mol. The second-order valence-electron chi connectivity index (χ2n) is 6.22. The van der Waals surface area contributed by atoms with Gasteiger partial charge in [-0.3, -0.25) is 0 Å². The fraction of sp³-hybridized carbons (Fsp3) is 0.200. The van der Waals surface area contributed by atoms with Crippen LogP contribution in [0.25, 0.3) is 0 Å². The molecule has 0 fully saturated rings. The summed E-state index contributed by atoms with van der Waals surface area (Å²) in [6, 6.07) is 15.3. The Morgan fingerprint density at radius 3 is 2.96 bits per heavy atom. The maximum atomic E-state index is 11.7. The third kappa shape index (κ3) is 3.57. The molecule has 0 bridgehead atoms. The Morgan fingerprint density at radius 2 is 2.07 bits per heavy atom. The predicted molar refractivity (Wildman–Crippen MR) is 103 cm³/mol. The third-order valence-electron chi connectivity index (χ3n) is 4.46.